The summed E-state index contributed by atoms with van der Waals surface area (Å²) in [5, 5.41) is 17.2. The third kappa shape index (κ3) is 6.79. The number of fused-ring (bicyclic) bond motifs is 1. The van der Waals surface area contributed by atoms with Gasteiger partial charge in [0, 0.05) is 24.9 Å². The molecule has 2 amide bonds. The summed E-state index contributed by atoms with van der Waals surface area (Å²) in [7, 11) is 1.46. The second-order valence-corrected chi connectivity index (χ2v) is 12.0. The lowest BCUT2D eigenvalue weighted by atomic mass is 9.53. The van der Waals surface area contributed by atoms with Crippen LogP contribution in [-0.4, -0.2) is 69.2 Å². The molecule has 2 fully saturated rings. The van der Waals surface area contributed by atoms with Gasteiger partial charge < -0.3 is 30.4 Å². The SMILES string of the molecule is COc1ccc(C(N)=O)c(OC2CC3(CC(NC(=O)c4cnn5c(CCC(F)(F)F)c(OCC(C)(C)O)ccc45)C3)C2)n1. The van der Waals surface area contributed by atoms with Gasteiger partial charge in [0.05, 0.1) is 35.7 Å². The minimum Gasteiger partial charge on any atom is -0.489 e. The number of methoxy groups -OCH3 is 1. The van der Waals surface area contributed by atoms with Crippen LogP contribution in [0.15, 0.2) is 30.5 Å². The first-order valence-corrected chi connectivity index (χ1v) is 13.9. The van der Waals surface area contributed by atoms with Crippen molar-refractivity contribution in [3.63, 3.8) is 0 Å². The number of rotatable bonds is 11. The number of aryl methyl sites for hydroxylation is 1. The highest BCUT2D eigenvalue weighted by Crippen LogP contribution is 2.57. The van der Waals surface area contributed by atoms with Crippen LogP contribution in [0.5, 0.6) is 17.5 Å². The van der Waals surface area contributed by atoms with E-state index < -0.39 is 30.5 Å². The van der Waals surface area contributed by atoms with E-state index in [9.17, 15) is 27.9 Å². The molecule has 4 N–H and O–H groups in total. The monoisotopic (exact) mass is 605 g/mol. The molecular formula is C29H34F3N5O6. The molecule has 0 aliphatic heterocycles. The molecule has 0 unspecified atom stereocenters. The predicted molar refractivity (Wildman–Crippen MR) is 147 cm³/mol. The molecule has 1 spiro atoms. The molecule has 3 aromatic rings. The van der Waals surface area contributed by atoms with Crippen molar-refractivity contribution < 1.29 is 42.1 Å². The van der Waals surface area contributed by atoms with Crippen LogP contribution in [0.4, 0.5) is 13.2 Å². The number of nitrogens with one attached hydrogen (secondary N) is 1. The van der Waals surface area contributed by atoms with E-state index >= 15 is 0 Å². The molecule has 0 aromatic carbocycles. The fraction of sp³-hybridized carbons (Fsp3) is 0.517. The summed E-state index contributed by atoms with van der Waals surface area (Å²) in [5.41, 5.74) is 5.17. The number of hydrogen-bond donors (Lipinski definition) is 3. The Morgan fingerprint density at radius 2 is 1.86 bits per heavy atom. The summed E-state index contributed by atoms with van der Waals surface area (Å²) < 4.78 is 57.2. The summed E-state index contributed by atoms with van der Waals surface area (Å²) in [4.78, 5) is 29.1. The van der Waals surface area contributed by atoms with Crippen molar-refractivity contribution in [1.29, 1.82) is 0 Å². The number of carbonyl (C=O) groups is 2. The molecule has 0 saturated heterocycles. The molecule has 2 aliphatic rings. The molecule has 2 saturated carbocycles. The van der Waals surface area contributed by atoms with E-state index in [-0.39, 0.29) is 58.5 Å². The maximum Gasteiger partial charge on any atom is 0.389 e. The first-order chi connectivity index (χ1) is 20.2. The lowest BCUT2D eigenvalue weighted by Crippen LogP contribution is -2.58. The fourth-order valence-electron chi connectivity index (χ4n) is 5.78. The molecule has 232 valence electrons. The molecule has 0 bridgehead atoms. The Morgan fingerprint density at radius 1 is 1.14 bits per heavy atom. The first kappa shape index (κ1) is 30.4. The molecule has 0 atom stereocenters. The third-order valence-corrected chi connectivity index (χ3v) is 7.81. The summed E-state index contributed by atoms with van der Waals surface area (Å²) >= 11 is 0. The van der Waals surface area contributed by atoms with Crippen molar-refractivity contribution in [2.75, 3.05) is 13.7 Å². The van der Waals surface area contributed by atoms with Gasteiger partial charge in [0.2, 0.25) is 11.8 Å². The van der Waals surface area contributed by atoms with E-state index in [4.69, 9.17) is 19.9 Å². The van der Waals surface area contributed by atoms with Crippen LogP contribution in [-0.2, 0) is 6.42 Å². The largest absolute Gasteiger partial charge is 0.489 e. The minimum atomic E-state index is -4.40. The summed E-state index contributed by atoms with van der Waals surface area (Å²) in [5.74, 6) is -0.432. The van der Waals surface area contributed by atoms with Crippen molar-refractivity contribution >= 4 is 17.3 Å². The lowest BCUT2D eigenvalue weighted by molar-refractivity contribution is -0.134. The number of hydrogen-bond acceptors (Lipinski definition) is 8. The zero-order chi connectivity index (χ0) is 31.2. The Balaban J connectivity index is 1.21. The topological polar surface area (TPSA) is 150 Å². The van der Waals surface area contributed by atoms with E-state index in [0.717, 1.165) is 25.7 Å². The molecule has 11 nitrogen and oxygen atoms in total. The Kier molecular flexibility index (Phi) is 7.92. The first-order valence-electron chi connectivity index (χ1n) is 13.9. The number of carbonyl (C=O) groups excluding carboxylic acids is 2. The number of alkyl halides is 3. The maximum absolute atomic E-state index is 13.2. The Bertz CT molecular complexity index is 1520. The lowest BCUT2D eigenvalue weighted by Gasteiger charge is -2.57. The van der Waals surface area contributed by atoms with Gasteiger partial charge in [0.15, 0.2) is 0 Å². The highest BCUT2D eigenvalue weighted by Gasteiger charge is 2.54. The summed E-state index contributed by atoms with van der Waals surface area (Å²) in [6.07, 6.45) is -1.81. The molecular weight excluding hydrogens is 571 g/mol. The Labute approximate surface area is 245 Å². The van der Waals surface area contributed by atoms with Crippen LogP contribution >= 0.6 is 0 Å². The smallest absolute Gasteiger partial charge is 0.389 e. The standard InChI is InChI=1S/C29H34F3N5O6/c1-27(2,40)15-42-22-6-5-20-19(14-34-37(20)21(22)8-9-29(30,31)32)25(39)35-16-10-28(11-16)12-17(13-28)43-26-18(24(33)38)4-7-23(36-26)41-3/h4-7,14,16-17,40H,8-13,15H2,1-3H3,(H2,33,38)(H,35,39). The number of aromatic nitrogens is 3. The molecule has 3 heterocycles. The van der Waals surface area contributed by atoms with Crippen LogP contribution in [0, 0.1) is 5.41 Å². The van der Waals surface area contributed by atoms with Gasteiger partial charge in [-0.05, 0) is 63.1 Å². The van der Waals surface area contributed by atoms with Gasteiger partial charge in [-0.15, -0.1) is 0 Å². The molecule has 14 heteroatoms. The molecule has 0 radical (unpaired) electrons. The second kappa shape index (κ2) is 11.2. The number of amides is 2. The number of nitrogens with zero attached hydrogens (tertiary/aromatic N) is 3. The van der Waals surface area contributed by atoms with Gasteiger partial charge in [-0.25, -0.2) is 4.52 Å². The van der Waals surface area contributed by atoms with E-state index in [2.05, 4.69) is 15.4 Å². The van der Waals surface area contributed by atoms with Crippen LogP contribution in [0.2, 0.25) is 0 Å². The number of aliphatic hydroxyl groups is 1. The van der Waals surface area contributed by atoms with Gasteiger partial charge in [0.1, 0.15) is 24.0 Å². The number of pyridine rings is 2. The third-order valence-electron chi connectivity index (χ3n) is 7.81. The van der Waals surface area contributed by atoms with Crippen molar-refractivity contribution in [2.24, 2.45) is 11.1 Å². The summed E-state index contributed by atoms with van der Waals surface area (Å²) in [6, 6.07) is 6.03. The van der Waals surface area contributed by atoms with E-state index in [1.807, 2.05) is 0 Å². The van der Waals surface area contributed by atoms with Gasteiger partial charge in [-0.1, -0.05) is 0 Å². The van der Waals surface area contributed by atoms with Gasteiger partial charge in [-0.2, -0.15) is 23.3 Å². The van der Waals surface area contributed by atoms with Gasteiger partial charge in [-0.3, -0.25) is 9.59 Å². The van der Waals surface area contributed by atoms with Gasteiger partial charge >= 0.3 is 6.18 Å². The van der Waals surface area contributed by atoms with E-state index in [1.54, 1.807) is 6.07 Å². The highest BCUT2D eigenvalue weighted by molar-refractivity contribution is 6.01. The van der Waals surface area contributed by atoms with Crippen molar-refractivity contribution in [2.45, 2.75) is 76.3 Å². The van der Waals surface area contributed by atoms with Gasteiger partial charge in [0.25, 0.3) is 11.8 Å². The normalized spacial score (nSPS) is 21.7. The quantitative estimate of drug-likeness (QED) is 0.300. The van der Waals surface area contributed by atoms with Crippen molar-refractivity contribution in [3.05, 3.63) is 47.3 Å². The zero-order valence-corrected chi connectivity index (χ0v) is 24.0. The highest BCUT2D eigenvalue weighted by atomic mass is 19.4. The van der Waals surface area contributed by atoms with Crippen LogP contribution in [0.3, 0.4) is 0 Å². The maximum atomic E-state index is 13.2. The van der Waals surface area contributed by atoms with Crippen molar-refractivity contribution in [3.8, 4) is 17.5 Å². The van der Waals surface area contributed by atoms with Crippen LogP contribution in [0.1, 0.15) is 72.4 Å². The average Bonchev–Trinajstić information content (AvgIpc) is 3.31. The number of halogens is 3. The van der Waals surface area contributed by atoms with Crippen LogP contribution < -0.4 is 25.3 Å². The second-order valence-electron chi connectivity index (χ2n) is 12.0. The fourth-order valence-corrected chi connectivity index (χ4v) is 5.78. The zero-order valence-electron chi connectivity index (χ0n) is 24.0. The Hall–Kier alpha value is -4.07. The molecule has 2 aliphatic carbocycles. The number of nitrogens with two attached hydrogens (primary N) is 1. The number of ether oxygens (including phenoxy) is 3. The average molecular weight is 606 g/mol. The molecule has 43 heavy (non-hydrogen) atoms. The van der Waals surface area contributed by atoms with Crippen LogP contribution in [0.25, 0.3) is 5.52 Å². The predicted octanol–water partition coefficient (Wildman–Crippen LogP) is 3.60. The minimum absolute atomic E-state index is 0.00689. The molecule has 3 aromatic heterocycles. The van der Waals surface area contributed by atoms with Crippen molar-refractivity contribution in [1.82, 2.24) is 19.9 Å². The van der Waals surface area contributed by atoms with E-state index in [0.29, 0.717) is 11.4 Å². The Morgan fingerprint density at radius 3 is 2.49 bits per heavy atom. The summed E-state index contributed by atoms with van der Waals surface area (Å²) in [6.45, 7) is 2.91. The molecule has 5 rings (SSSR count). The number of primary amides is 1. The van der Waals surface area contributed by atoms with E-state index in [1.165, 1.54) is 49.9 Å².